The van der Waals surface area contributed by atoms with Crippen LogP contribution in [0.15, 0.2) is 59.5 Å². The van der Waals surface area contributed by atoms with E-state index in [9.17, 15) is 9.59 Å². The van der Waals surface area contributed by atoms with Crippen LogP contribution < -0.4 is 10.9 Å². The normalized spacial score (nSPS) is 10.5. The Labute approximate surface area is 168 Å². The Morgan fingerprint density at radius 3 is 2.32 bits per heavy atom. The monoisotopic (exact) mass is 394 g/mol. The van der Waals surface area contributed by atoms with E-state index < -0.39 is 0 Å². The first-order valence-corrected chi connectivity index (χ1v) is 9.84. The zero-order chi connectivity index (χ0) is 20.1. The molecule has 0 saturated carbocycles. The van der Waals surface area contributed by atoms with Gasteiger partial charge in [0.1, 0.15) is 0 Å². The molecule has 1 heterocycles. The lowest BCUT2D eigenvalue weighted by atomic mass is 10.1. The van der Waals surface area contributed by atoms with Gasteiger partial charge in [-0.05, 0) is 45.0 Å². The lowest BCUT2D eigenvalue weighted by molar-refractivity contribution is -0.119. The predicted molar refractivity (Wildman–Crippen MR) is 111 cm³/mol. The van der Waals surface area contributed by atoms with Crippen molar-refractivity contribution in [2.45, 2.75) is 25.7 Å². The fourth-order valence-electron chi connectivity index (χ4n) is 2.74. The zero-order valence-electron chi connectivity index (χ0n) is 16.0. The van der Waals surface area contributed by atoms with Crippen LogP contribution in [-0.4, -0.2) is 27.3 Å². The second kappa shape index (κ2) is 8.75. The smallest absolute Gasteiger partial charge is 0.269 e. The predicted octanol–water partition coefficient (Wildman–Crippen LogP) is 3.35. The van der Waals surface area contributed by atoms with Gasteiger partial charge in [-0.15, -0.1) is 11.8 Å². The van der Waals surface area contributed by atoms with Crippen molar-refractivity contribution in [2.24, 2.45) is 0 Å². The molecule has 0 aliphatic heterocycles. The van der Waals surface area contributed by atoms with Crippen molar-refractivity contribution in [1.29, 1.82) is 0 Å². The molecule has 0 saturated heterocycles. The van der Waals surface area contributed by atoms with E-state index in [0.717, 1.165) is 27.5 Å². The molecule has 3 rings (SSSR count). The van der Waals surface area contributed by atoms with Crippen LogP contribution in [-0.2, 0) is 4.79 Å². The van der Waals surface area contributed by atoms with Gasteiger partial charge >= 0.3 is 0 Å². The summed E-state index contributed by atoms with van der Waals surface area (Å²) in [4.78, 5) is 25.2. The number of hydrogen-bond donors (Lipinski definition) is 2. The van der Waals surface area contributed by atoms with E-state index in [4.69, 9.17) is 0 Å². The molecule has 6 nitrogen and oxygen atoms in total. The number of thioether (sulfide) groups is 1. The van der Waals surface area contributed by atoms with Gasteiger partial charge < -0.3 is 0 Å². The van der Waals surface area contributed by atoms with Gasteiger partial charge in [-0.1, -0.05) is 35.9 Å². The highest BCUT2D eigenvalue weighted by Crippen LogP contribution is 2.27. The molecule has 28 heavy (non-hydrogen) atoms. The first kappa shape index (κ1) is 19.7. The molecule has 0 atom stereocenters. The van der Waals surface area contributed by atoms with Crippen molar-refractivity contribution in [1.82, 2.24) is 20.6 Å². The molecule has 1 aromatic heterocycles. The highest BCUT2D eigenvalue weighted by atomic mass is 32.2. The van der Waals surface area contributed by atoms with Crippen molar-refractivity contribution in [2.75, 3.05) is 5.75 Å². The van der Waals surface area contributed by atoms with Gasteiger partial charge in [0.15, 0.2) is 0 Å². The summed E-state index contributed by atoms with van der Waals surface area (Å²) >= 11 is 1.40. The maximum atomic E-state index is 12.1. The topological polar surface area (TPSA) is 76.0 Å². The fraction of sp³-hybridized carbons (Fsp3) is 0.190. The number of carbonyl (C=O) groups is 2. The van der Waals surface area contributed by atoms with Crippen LogP contribution in [0.3, 0.4) is 0 Å². The maximum Gasteiger partial charge on any atom is 0.269 e. The molecule has 0 aliphatic carbocycles. The molecular formula is C21H22N4O2S. The highest BCUT2D eigenvalue weighted by Gasteiger charge is 2.15. The van der Waals surface area contributed by atoms with Crippen LogP contribution in [0.5, 0.6) is 0 Å². The Hall–Kier alpha value is -3.06. The van der Waals surface area contributed by atoms with Gasteiger partial charge in [-0.2, -0.15) is 5.10 Å². The molecule has 0 radical (unpaired) electrons. The molecule has 0 aliphatic rings. The summed E-state index contributed by atoms with van der Waals surface area (Å²) in [6, 6.07) is 17.0. The first-order chi connectivity index (χ1) is 13.5. The number of amides is 2. The number of nitrogens with zero attached hydrogens (tertiary/aromatic N) is 2. The molecule has 2 N–H and O–H groups in total. The van der Waals surface area contributed by atoms with Gasteiger partial charge in [0, 0.05) is 5.56 Å². The molecular weight excluding hydrogens is 372 g/mol. The van der Waals surface area contributed by atoms with E-state index in [1.807, 2.05) is 67.9 Å². The SMILES string of the molecule is Cc1ccc(C(=O)NNC(=O)CSc2c(C)nn(-c3ccccc3)c2C)cc1. The number of hydrogen-bond acceptors (Lipinski definition) is 4. The van der Waals surface area contributed by atoms with E-state index in [0.29, 0.717) is 5.56 Å². The van der Waals surface area contributed by atoms with Crippen molar-refractivity contribution >= 4 is 23.6 Å². The van der Waals surface area contributed by atoms with Gasteiger partial charge in [0.2, 0.25) is 5.91 Å². The Morgan fingerprint density at radius 1 is 0.964 bits per heavy atom. The minimum absolute atomic E-state index is 0.177. The Bertz CT molecular complexity index is 982. The summed E-state index contributed by atoms with van der Waals surface area (Å²) in [5.74, 6) is -0.449. The fourth-order valence-corrected chi connectivity index (χ4v) is 3.63. The van der Waals surface area contributed by atoms with E-state index in [2.05, 4.69) is 16.0 Å². The molecule has 0 unspecified atom stereocenters. The Kier molecular flexibility index (Phi) is 6.16. The van der Waals surface area contributed by atoms with Crippen molar-refractivity contribution in [3.63, 3.8) is 0 Å². The highest BCUT2D eigenvalue weighted by molar-refractivity contribution is 8.00. The van der Waals surface area contributed by atoms with Crippen LogP contribution in [0.1, 0.15) is 27.3 Å². The molecule has 144 valence electrons. The second-order valence-electron chi connectivity index (χ2n) is 6.40. The van der Waals surface area contributed by atoms with E-state index >= 15 is 0 Å². The van der Waals surface area contributed by atoms with Crippen LogP contribution in [0.2, 0.25) is 0 Å². The zero-order valence-corrected chi connectivity index (χ0v) is 16.8. The van der Waals surface area contributed by atoms with Crippen molar-refractivity contribution < 1.29 is 9.59 Å². The van der Waals surface area contributed by atoms with Crippen molar-refractivity contribution in [3.8, 4) is 5.69 Å². The number of nitrogens with one attached hydrogen (secondary N) is 2. The van der Waals surface area contributed by atoms with E-state index in [1.54, 1.807) is 12.1 Å². The Balaban J connectivity index is 1.57. The number of benzene rings is 2. The van der Waals surface area contributed by atoms with Gasteiger partial charge in [-0.3, -0.25) is 20.4 Å². The Morgan fingerprint density at radius 2 is 1.64 bits per heavy atom. The summed E-state index contributed by atoms with van der Waals surface area (Å²) in [6.07, 6.45) is 0. The quantitative estimate of drug-likeness (QED) is 0.514. The third-order valence-corrected chi connectivity index (χ3v) is 5.49. The van der Waals surface area contributed by atoms with Gasteiger partial charge in [-0.25, -0.2) is 4.68 Å². The summed E-state index contributed by atoms with van der Waals surface area (Å²) in [7, 11) is 0. The standard InChI is InChI=1S/C21H22N4O2S/c1-14-9-11-17(12-10-14)21(27)23-22-19(26)13-28-20-15(2)24-25(16(20)3)18-7-5-4-6-8-18/h4-12H,13H2,1-3H3,(H,22,26)(H,23,27). The molecule has 2 aromatic carbocycles. The van der Waals surface area contributed by atoms with E-state index in [-0.39, 0.29) is 17.6 Å². The molecule has 3 aromatic rings. The summed E-state index contributed by atoms with van der Waals surface area (Å²) in [5.41, 5.74) is 9.28. The summed E-state index contributed by atoms with van der Waals surface area (Å²) in [5, 5.41) is 4.57. The number of para-hydroxylation sites is 1. The number of aryl methyl sites for hydroxylation is 2. The van der Waals surface area contributed by atoms with Gasteiger partial charge in [0.05, 0.1) is 27.7 Å². The largest absolute Gasteiger partial charge is 0.272 e. The lowest BCUT2D eigenvalue weighted by Gasteiger charge is -2.08. The number of hydrazine groups is 1. The third-order valence-electron chi connectivity index (χ3n) is 4.20. The van der Waals surface area contributed by atoms with Crippen molar-refractivity contribution in [3.05, 3.63) is 77.1 Å². The maximum absolute atomic E-state index is 12.1. The van der Waals surface area contributed by atoms with Gasteiger partial charge in [0.25, 0.3) is 5.91 Å². The molecule has 2 amide bonds. The molecule has 7 heteroatoms. The molecule has 0 fully saturated rings. The average molecular weight is 395 g/mol. The first-order valence-electron chi connectivity index (χ1n) is 8.86. The van der Waals surface area contributed by atoms with Crippen LogP contribution in [0, 0.1) is 20.8 Å². The van der Waals surface area contributed by atoms with Crippen LogP contribution >= 0.6 is 11.8 Å². The average Bonchev–Trinajstić information content (AvgIpc) is 2.99. The number of rotatable bonds is 5. The summed E-state index contributed by atoms with van der Waals surface area (Å²) in [6.45, 7) is 5.85. The van der Waals surface area contributed by atoms with Crippen LogP contribution in [0.4, 0.5) is 0 Å². The molecule has 0 bridgehead atoms. The minimum Gasteiger partial charge on any atom is -0.272 e. The molecule has 0 spiro atoms. The minimum atomic E-state index is -0.345. The second-order valence-corrected chi connectivity index (χ2v) is 7.39. The number of carbonyl (C=O) groups excluding carboxylic acids is 2. The van der Waals surface area contributed by atoms with Crippen LogP contribution in [0.25, 0.3) is 5.69 Å². The van der Waals surface area contributed by atoms with E-state index in [1.165, 1.54) is 11.8 Å². The lowest BCUT2D eigenvalue weighted by Crippen LogP contribution is -2.42. The third kappa shape index (κ3) is 4.61. The summed E-state index contributed by atoms with van der Waals surface area (Å²) < 4.78 is 1.87. The number of aromatic nitrogens is 2.